The van der Waals surface area contributed by atoms with Crippen molar-refractivity contribution in [3.63, 3.8) is 0 Å². The van der Waals surface area contributed by atoms with Crippen LogP contribution in [0.4, 0.5) is 16.2 Å². The highest BCUT2D eigenvalue weighted by Gasteiger charge is 2.17. The summed E-state index contributed by atoms with van der Waals surface area (Å²) in [6.45, 7) is 3.67. The van der Waals surface area contributed by atoms with Crippen LogP contribution < -0.4 is 16.7 Å². The molecule has 0 bridgehead atoms. The molecule has 1 unspecified atom stereocenters. The van der Waals surface area contributed by atoms with Crippen LogP contribution in [0.3, 0.4) is 0 Å². The van der Waals surface area contributed by atoms with Crippen molar-refractivity contribution >= 4 is 51.4 Å². The first-order chi connectivity index (χ1) is 11.1. The number of benzene rings is 1. The third-order valence-electron chi connectivity index (χ3n) is 3.37. The second kappa shape index (κ2) is 8.23. The number of methoxy groups -OCH3 is 1. The first kappa shape index (κ1) is 20.1. The predicted molar refractivity (Wildman–Crippen MR) is 106 cm³/mol. The maximum absolute atomic E-state index is 11.5. The molecule has 0 radical (unpaired) electrons. The Morgan fingerprint density at radius 3 is 2.71 bits per heavy atom. The van der Waals surface area contributed by atoms with Crippen molar-refractivity contribution in [2.24, 2.45) is 10.0 Å². The van der Waals surface area contributed by atoms with E-state index in [1.165, 1.54) is 7.11 Å². The lowest BCUT2D eigenvalue weighted by atomic mass is 9.68. The highest BCUT2D eigenvalue weighted by molar-refractivity contribution is 8.26. The quantitative estimate of drug-likeness (QED) is 0.270. The van der Waals surface area contributed by atoms with Gasteiger partial charge < -0.3 is 21.1 Å². The molecule has 1 rings (SSSR count). The van der Waals surface area contributed by atoms with Crippen molar-refractivity contribution in [1.29, 1.82) is 0 Å². The van der Waals surface area contributed by atoms with E-state index in [0.717, 1.165) is 5.71 Å². The Morgan fingerprint density at radius 2 is 2.17 bits per heavy atom. The van der Waals surface area contributed by atoms with Gasteiger partial charge in [0.15, 0.2) is 0 Å². The fourth-order valence-electron chi connectivity index (χ4n) is 2.11. The fourth-order valence-corrected chi connectivity index (χ4v) is 3.72. The average molecular weight is 352 g/mol. The van der Waals surface area contributed by atoms with Crippen molar-refractivity contribution in [1.82, 2.24) is 0 Å². The lowest BCUT2D eigenvalue weighted by Gasteiger charge is -2.18. The van der Waals surface area contributed by atoms with Crippen LogP contribution in [-0.2, 0) is 4.74 Å². The topological polar surface area (TPSA) is 123 Å². The van der Waals surface area contributed by atoms with Crippen LogP contribution in [0, 0.1) is 0 Å². The van der Waals surface area contributed by atoms with Crippen LogP contribution in [0.5, 0.6) is 0 Å². The summed E-state index contributed by atoms with van der Waals surface area (Å²) in [5, 5.41) is 12.0. The number of hydrogen-bond donors (Lipinski definition) is 4. The summed E-state index contributed by atoms with van der Waals surface area (Å²) in [6.07, 6.45) is -0.0933. The number of anilines is 2. The summed E-state index contributed by atoms with van der Waals surface area (Å²) in [7, 11) is -1.73. The molecule has 0 aliphatic carbocycles. The number of ether oxygens (including phenoxy) is 1. The molecule has 0 saturated heterocycles. The molecule has 9 heteroatoms. The normalized spacial score (nSPS) is 13.3. The average Bonchev–Trinajstić information content (AvgIpc) is 2.45. The van der Waals surface area contributed by atoms with Crippen LogP contribution in [0.2, 0.25) is 5.82 Å². The standard InChI is InChI=1S/C15H25BN4O3S/c1-10(16(18)22)8-11(2)20-24(4,5)14-7-6-12(17)9-13(14)19-15(21)23-3/h6-7,9-10,22H,4-5,8,17-18H2,1-3H3,(H,19,21). The van der Waals surface area contributed by atoms with Gasteiger partial charge in [0.2, 0.25) is 0 Å². The van der Waals surface area contributed by atoms with Crippen LogP contribution in [0.25, 0.3) is 0 Å². The van der Waals surface area contributed by atoms with Gasteiger partial charge in [-0.3, -0.25) is 5.32 Å². The summed E-state index contributed by atoms with van der Waals surface area (Å²) in [5.41, 5.74) is 13.0. The number of nitrogen functional groups attached to an aromatic ring is 1. The highest BCUT2D eigenvalue weighted by Crippen LogP contribution is 2.40. The zero-order chi connectivity index (χ0) is 18.5. The van der Waals surface area contributed by atoms with Crippen LogP contribution >= 0.6 is 9.39 Å². The molecule has 1 aromatic rings. The maximum Gasteiger partial charge on any atom is 0.411 e. The van der Waals surface area contributed by atoms with E-state index < -0.39 is 22.5 Å². The van der Waals surface area contributed by atoms with Gasteiger partial charge in [-0.2, -0.15) is 0 Å². The number of rotatable bonds is 6. The molecular weight excluding hydrogens is 327 g/mol. The largest absolute Gasteiger partial charge is 0.453 e. The van der Waals surface area contributed by atoms with E-state index in [2.05, 4.69) is 26.2 Å². The minimum atomic E-state index is -2.09. The zero-order valence-corrected chi connectivity index (χ0v) is 15.1. The minimum absolute atomic E-state index is 0.136. The summed E-state index contributed by atoms with van der Waals surface area (Å²) >= 11 is 0. The van der Waals surface area contributed by atoms with Gasteiger partial charge in [0.25, 0.3) is 0 Å². The minimum Gasteiger partial charge on any atom is -0.453 e. The Kier molecular flexibility index (Phi) is 6.88. The number of nitrogens with one attached hydrogen (secondary N) is 1. The van der Waals surface area contributed by atoms with Gasteiger partial charge >= 0.3 is 13.1 Å². The number of carbonyl (C=O) groups excluding carboxylic acids is 1. The molecule has 0 spiro atoms. The van der Waals surface area contributed by atoms with E-state index in [9.17, 15) is 9.82 Å². The van der Waals surface area contributed by atoms with Gasteiger partial charge in [-0.05, 0) is 37.4 Å². The molecular formula is C15H25BN4O3S. The molecule has 0 saturated carbocycles. The number of carbonyl (C=O) groups is 1. The Balaban J connectivity index is 3.20. The van der Waals surface area contributed by atoms with E-state index in [1.807, 2.05) is 13.8 Å². The summed E-state index contributed by atoms with van der Waals surface area (Å²) in [4.78, 5) is 12.2. The zero-order valence-electron chi connectivity index (χ0n) is 14.3. The molecule has 1 aromatic carbocycles. The summed E-state index contributed by atoms with van der Waals surface area (Å²) < 4.78 is 9.22. The van der Waals surface area contributed by atoms with E-state index >= 15 is 0 Å². The van der Waals surface area contributed by atoms with Gasteiger partial charge in [0, 0.05) is 16.3 Å². The Labute approximate surface area is 143 Å². The van der Waals surface area contributed by atoms with Crippen LogP contribution in [-0.4, -0.2) is 42.7 Å². The molecule has 0 fully saturated rings. The smallest absolute Gasteiger partial charge is 0.411 e. The third kappa shape index (κ3) is 5.59. The van der Waals surface area contributed by atoms with Crippen LogP contribution in [0.1, 0.15) is 20.3 Å². The van der Waals surface area contributed by atoms with Crippen LogP contribution in [0.15, 0.2) is 27.5 Å². The molecule has 7 nitrogen and oxygen atoms in total. The van der Waals surface area contributed by atoms with Gasteiger partial charge in [-0.25, -0.2) is 9.19 Å². The van der Waals surface area contributed by atoms with Gasteiger partial charge in [-0.15, -0.1) is 0 Å². The van der Waals surface area contributed by atoms with E-state index in [4.69, 9.17) is 11.4 Å². The molecule has 0 aromatic heterocycles. The fraction of sp³-hybridized carbons (Fsp3) is 0.333. The van der Waals surface area contributed by atoms with Crippen molar-refractivity contribution in [3.8, 4) is 0 Å². The van der Waals surface area contributed by atoms with Gasteiger partial charge in [0.1, 0.15) is 0 Å². The first-order valence-electron chi connectivity index (χ1n) is 7.29. The summed E-state index contributed by atoms with van der Waals surface area (Å²) in [5.74, 6) is 8.09. The highest BCUT2D eigenvalue weighted by atomic mass is 32.2. The Hall–Kier alpha value is -1.97. The molecule has 1 atom stereocenters. The van der Waals surface area contributed by atoms with Crippen molar-refractivity contribution in [2.45, 2.75) is 31.0 Å². The number of nitrogens with zero attached hydrogens (tertiary/aromatic N) is 1. The van der Waals surface area contributed by atoms with Crippen molar-refractivity contribution in [2.75, 3.05) is 18.2 Å². The molecule has 6 N–H and O–H groups in total. The monoisotopic (exact) mass is 352 g/mol. The predicted octanol–water partition coefficient (Wildman–Crippen LogP) is 2.07. The molecule has 0 aliphatic rings. The Morgan fingerprint density at radius 1 is 1.54 bits per heavy atom. The second-order valence-electron chi connectivity index (χ2n) is 5.71. The SMILES string of the molecule is C=S(=C)(N=C(C)CC(C)B(N)O)c1ccc(N)cc1NC(=O)OC. The van der Waals surface area contributed by atoms with E-state index in [-0.39, 0.29) is 5.82 Å². The molecule has 0 aliphatic heterocycles. The number of hydrogen-bond acceptors (Lipinski definition) is 6. The molecule has 1 amide bonds. The van der Waals surface area contributed by atoms with E-state index in [0.29, 0.717) is 22.7 Å². The van der Waals surface area contributed by atoms with Gasteiger partial charge in [-0.1, -0.05) is 28.1 Å². The van der Waals surface area contributed by atoms with E-state index in [1.54, 1.807) is 18.2 Å². The third-order valence-corrected chi connectivity index (χ3v) is 5.20. The maximum atomic E-state index is 11.5. The van der Waals surface area contributed by atoms with Crippen molar-refractivity contribution < 1.29 is 14.6 Å². The number of amides is 1. The van der Waals surface area contributed by atoms with Crippen molar-refractivity contribution in [3.05, 3.63) is 18.2 Å². The lowest BCUT2D eigenvalue weighted by molar-refractivity contribution is 0.187. The first-order valence-corrected chi connectivity index (χ1v) is 9.22. The van der Waals surface area contributed by atoms with Gasteiger partial charge in [0.05, 0.1) is 12.8 Å². The number of nitrogens with two attached hydrogens (primary N) is 2. The Bertz CT molecular complexity index is 732. The molecule has 132 valence electrons. The molecule has 0 heterocycles. The lowest BCUT2D eigenvalue weighted by Crippen LogP contribution is -2.31. The summed E-state index contributed by atoms with van der Waals surface area (Å²) in [6, 6.07) is 5.06. The molecule has 24 heavy (non-hydrogen) atoms. The second-order valence-corrected chi connectivity index (χ2v) is 8.02.